The van der Waals surface area contributed by atoms with Crippen LogP contribution in [0.2, 0.25) is 0 Å². The van der Waals surface area contributed by atoms with Gasteiger partial charge in [0.15, 0.2) is 0 Å². The summed E-state index contributed by atoms with van der Waals surface area (Å²) < 4.78 is 0. The highest BCUT2D eigenvalue weighted by atomic mass is 16.2. The molecule has 1 aliphatic heterocycles. The predicted octanol–water partition coefficient (Wildman–Crippen LogP) is 1.53. The molecule has 0 aliphatic carbocycles. The van der Waals surface area contributed by atoms with Gasteiger partial charge in [-0.2, -0.15) is 5.26 Å². The number of nitrogens with zero attached hydrogens (tertiary/aromatic N) is 3. The van der Waals surface area contributed by atoms with Gasteiger partial charge in [-0.05, 0) is 24.6 Å². The minimum Gasteiger partial charge on any atom is -0.334 e. The Balaban J connectivity index is 2.25. The van der Waals surface area contributed by atoms with E-state index in [0.29, 0.717) is 11.1 Å². The number of urea groups is 1. The summed E-state index contributed by atoms with van der Waals surface area (Å²) in [4.78, 5) is 39.9. The number of benzene rings is 1. The molecule has 0 unspecified atom stereocenters. The Morgan fingerprint density at radius 2 is 2.00 bits per heavy atom. The number of amides is 4. The number of hydrogen-bond donors (Lipinski definition) is 1. The van der Waals surface area contributed by atoms with Crippen molar-refractivity contribution < 1.29 is 14.4 Å². The van der Waals surface area contributed by atoms with Crippen molar-refractivity contribution in [2.75, 3.05) is 19.6 Å². The van der Waals surface area contributed by atoms with Crippen molar-refractivity contribution in [1.82, 2.24) is 15.1 Å². The highest BCUT2D eigenvalue weighted by Crippen LogP contribution is 2.29. The largest absolute Gasteiger partial charge is 0.334 e. The summed E-state index contributed by atoms with van der Waals surface area (Å²) in [5, 5.41) is 11.7. The summed E-state index contributed by atoms with van der Waals surface area (Å²) in [6.45, 7) is 8.94. The van der Waals surface area contributed by atoms with Gasteiger partial charge < -0.3 is 10.2 Å². The zero-order valence-corrected chi connectivity index (χ0v) is 14.6. The minimum absolute atomic E-state index is 0.288. The summed E-state index contributed by atoms with van der Waals surface area (Å²) in [5.41, 5.74) is -0.464. The summed E-state index contributed by atoms with van der Waals surface area (Å²) in [6.07, 6.45) is 3.12. The Morgan fingerprint density at radius 1 is 1.35 bits per heavy atom. The van der Waals surface area contributed by atoms with Crippen LogP contribution >= 0.6 is 0 Å². The smallest absolute Gasteiger partial charge is 0.325 e. The second-order valence-electron chi connectivity index (χ2n) is 6.02. The Bertz CT molecular complexity index is 801. The molecule has 0 saturated carbocycles. The molecule has 7 heteroatoms. The average molecular weight is 352 g/mol. The summed E-state index contributed by atoms with van der Waals surface area (Å²) in [6, 6.07) is 7.81. The molecule has 134 valence electrons. The third-order valence-electron chi connectivity index (χ3n) is 4.19. The Hall–Kier alpha value is -3.40. The van der Waals surface area contributed by atoms with E-state index in [1.165, 1.54) is 4.90 Å². The first kappa shape index (κ1) is 18.9. The molecule has 1 aromatic carbocycles. The SMILES string of the molecule is C=CCN(CC=C)C(=O)CN1C(=O)N[C@](C)(c2cccc(C#N)c2)C1=O. The number of hydrogen-bond acceptors (Lipinski definition) is 4. The summed E-state index contributed by atoms with van der Waals surface area (Å²) in [7, 11) is 0. The molecule has 1 aliphatic rings. The van der Waals surface area contributed by atoms with E-state index >= 15 is 0 Å². The average Bonchev–Trinajstić information content (AvgIpc) is 2.85. The normalized spacial score (nSPS) is 18.8. The van der Waals surface area contributed by atoms with E-state index < -0.39 is 17.5 Å². The third-order valence-corrected chi connectivity index (χ3v) is 4.19. The Labute approximate surface area is 152 Å². The van der Waals surface area contributed by atoms with Gasteiger partial charge in [-0.1, -0.05) is 24.3 Å². The fourth-order valence-corrected chi connectivity index (χ4v) is 2.76. The molecule has 2 rings (SSSR count). The summed E-state index contributed by atoms with van der Waals surface area (Å²) in [5.74, 6) is -0.925. The molecule has 1 atom stereocenters. The van der Waals surface area contributed by atoms with Crippen molar-refractivity contribution in [3.8, 4) is 6.07 Å². The first-order chi connectivity index (χ1) is 12.4. The molecule has 7 nitrogen and oxygen atoms in total. The van der Waals surface area contributed by atoms with Gasteiger partial charge >= 0.3 is 6.03 Å². The highest BCUT2D eigenvalue weighted by Gasteiger charge is 2.49. The lowest BCUT2D eigenvalue weighted by Crippen LogP contribution is -2.44. The monoisotopic (exact) mass is 352 g/mol. The first-order valence-corrected chi connectivity index (χ1v) is 8.01. The van der Waals surface area contributed by atoms with Gasteiger partial charge in [-0.15, -0.1) is 13.2 Å². The van der Waals surface area contributed by atoms with E-state index in [9.17, 15) is 14.4 Å². The van der Waals surface area contributed by atoms with Crippen molar-refractivity contribution in [3.63, 3.8) is 0 Å². The molecule has 1 heterocycles. The Morgan fingerprint density at radius 3 is 2.58 bits per heavy atom. The molecule has 1 saturated heterocycles. The standard InChI is InChI=1S/C19H20N4O3/c1-4-9-22(10-5-2)16(24)13-23-17(25)19(3,21-18(23)26)15-8-6-7-14(11-15)12-20/h4-8,11H,1-2,9-10,13H2,3H3,(H,21,26)/t19-/m1/s1. The fraction of sp³-hybridized carbons (Fsp3) is 0.263. The van der Waals surface area contributed by atoms with Gasteiger partial charge in [0.1, 0.15) is 12.1 Å². The maximum atomic E-state index is 12.9. The molecular weight excluding hydrogens is 332 g/mol. The topological polar surface area (TPSA) is 93.5 Å². The molecule has 0 bridgehead atoms. The molecule has 1 N–H and O–H groups in total. The van der Waals surface area contributed by atoms with Gasteiger partial charge in [-0.3, -0.25) is 14.5 Å². The van der Waals surface area contributed by atoms with Crippen LogP contribution in [-0.4, -0.2) is 47.3 Å². The van der Waals surface area contributed by atoms with E-state index in [-0.39, 0.29) is 25.5 Å². The van der Waals surface area contributed by atoms with Crippen LogP contribution in [0, 0.1) is 11.3 Å². The van der Waals surface area contributed by atoms with E-state index in [0.717, 1.165) is 4.90 Å². The molecular formula is C19H20N4O3. The van der Waals surface area contributed by atoms with Crippen LogP contribution < -0.4 is 5.32 Å². The number of nitriles is 1. The number of imide groups is 1. The van der Waals surface area contributed by atoms with E-state index in [4.69, 9.17) is 5.26 Å². The van der Waals surface area contributed by atoms with Crippen LogP contribution in [0.1, 0.15) is 18.1 Å². The molecule has 26 heavy (non-hydrogen) atoms. The number of rotatable bonds is 7. The molecule has 0 spiro atoms. The molecule has 1 aromatic rings. The van der Waals surface area contributed by atoms with Crippen LogP contribution in [-0.2, 0) is 15.1 Å². The lowest BCUT2D eigenvalue weighted by molar-refractivity contribution is -0.138. The van der Waals surface area contributed by atoms with Crippen molar-refractivity contribution in [2.45, 2.75) is 12.5 Å². The molecule has 1 fully saturated rings. The Kier molecular flexibility index (Phi) is 5.58. The number of carbonyl (C=O) groups is 3. The predicted molar refractivity (Wildman–Crippen MR) is 95.7 cm³/mol. The van der Waals surface area contributed by atoms with Crippen molar-refractivity contribution >= 4 is 17.8 Å². The maximum absolute atomic E-state index is 12.9. The van der Waals surface area contributed by atoms with E-state index in [1.807, 2.05) is 6.07 Å². The van der Waals surface area contributed by atoms with E-state index in [1.54, 1.807) is 43.3 Å². The molecule has 4 amide bonds. The third kappa shape index (κ3) is 3.49. The zero-order valence-electron chi connectivity index (χ0n) is 14.6. The van der Waals surface area contributed by atoms with Crippen LogP contribution in [0.25, 0.3) is 0 Å². The lowest BCUT2D eigenvalue weighted by atomic mass is 9.91. The number of carbonyl (C=O) groups excluding carboxylic acids is 3. The second-order valence-corrected chi connectivity index (χ2v) is 6.02. The lowest BCUT2D eigenvalue weighted by Gasteiger charge is -2.24. The second kappa shape index (κ2) is 7.66. The van der Waals surface area contributed by atoms with Gasteiger partial charge in [0, 0.05) is 13.1 Å². The van der Waals surface area contributed by atoms with Gasteiger partial charge in [0.25, 0.3) is 5.91 Å². The van der Waals surface area contributed by atoms with Gasteiger partial charge in [0.2, 0.25) is 5.91 Å². The van der Waals surface area contributed by atoms with Crippen molar-refractivity contribution in [2.24, 2.45) is 0 Å². The van der Waals surface area contributed by atoms with Crippen LogP contribution in [0.4, 0.5) is 4.79 Å². The number of nitrogens with one attached hydrogen (secondary N) is 1. The quantitative estimate of drug-likeness (QED) is 0.595. The van der Waals surface area contributed by atoms with Gasteiger partial charge in [0.05, 0.1) is 11.6 Å². The summed E-state index contributed by atoms with van der Waals surface area (Å²) >= 11 is 0. The van der Waals surface area contributed by atoms with Crippen LogP contribution in [0.15, 0.2) is 49.6 Å². The molecule has 0 aromatic heterocycles. The zero-order chi connectivity index (χ0) is 19.3. The van der Waals surface area contributed by atoms with Crippen molar-refractivity contribution in [1.29, 1.82) is 5.26 Å². The van der Waals surface area contributed by atoms with E-state index in [2.05, 4.69) is 18.5 Å². The van der Waals surface area contributed by atoms with Crippen LogP contribution in [0.3, 0.4) is 0 Å². The molecule has 0 radical (unpaired) electrons. The fourth-order valence-electron chi connectivity index (χ4n) is 2.76. The van der Waals surface area contributed by atoms with Gasteiger partial charge in [-0.25, -0.2) is 4.79 Å². The maximum Gasteiger partial charge on any atom is 0.325 e. The van der Waals surface area contributed by atoms with Crippen molar-refractivity contribution in [3.05, 3.63) is 60.7 Å². The van der Waals surface area contributed by atoms with Crippen LogP contribution in [0.5, 0.6) is 0 Å². The minimum atomic E-state index is -1.33. The first-order valence-electron chi connectivity index (χ1n) is 8.01. The highest BCUT2D eigenvalue weighted by molar-refractivity contribution is 6.09.